The van der Waals surface area contributed by atoms with E-state index in [1.165, 1.54) is 0 Å². The highest BCUT2D eigenvalue weighted by atomic mass is 79.9. The second-order valence-electron chi connectivity index (χ2n) is 2.97. The molecule has 0 unspecified atom stereocenters. The Morgan fingerprint density at radius 3 is 2.93 bits per heavy atom. The number of rotatable bonds is 5. The van der Waals surface area contributed by atoms with E-state index in [9.17, 15) is 0 Å². The van der Waals surface area contributed by atoms with E-state index in [2.05, 4.69) is 27.5 Å². The highest BCUT2D eigenvalue weighted by molar-refractivity contribution is 9.10. The fourth-order valence-electron chi connectivity index (χ4n) is 1.16. The van der Waals surface area contributed by atoms with Crippen LogP contribution in [0.5, 0.6) is 0 Å². The minimum atomic E-state index is 0.419. The molecule has 0 heterocycles. The van der Waals surface area contributed by atoms with E-state index in [1.54, 1.807) is 11.8 Å². The van der Waals surface area contributed by atoms with E-state index in [0.29, 0.717) is 4.99 Å². The van der Waals surface area contributed by atoms with Crippen molar-refractivity contribution >= 4 is 50.6 Å². The van der Waals surface area contributed by atoms with Crippen molar-refractivity contribution in [3.63, 3.8) is 0 Å². The maximum Gasteiger partial charge on any atom is 0.106 e. The Balaban J connectivity index is 2.81. The summed E-state index contributed by atoms with van der Waals surface area (Å²) in [6.07, 6.45) is 2.08. The molecule has 0 aliphatic heterocycles. The number of nitrogens with two attached hydrogens (primary N) is 1. The van der Waals surface area contributed by atoms with Crippen molar-refractivity contribution in [1.29, 1.82) is 0 Å². The Morgan fingerprint density at radius 1 is 1.60 bits per heavy atom. The van der Waals surface area contributed by atoms with Gasteiger partial charge in [-0.05, 0) is 24.5 Å². The topological polar surface area (TPSA) is 38.0 Å². The minimum Gasteiger partial charge on any atom is -0.389 e. The summed E-state index contributed by atoms with van der Waals surface area (Å²) in [4.78, 5) is 0.419. The Kier molecular flexibility index (Phi) is 5.42. The number of anilines is 1. The van der Waals surface area contributed by atoms with Crippen molar-refractivity contribution in [2.24, 2.45) is 5.73 Å². The molecule has 3 N–H and O–H groups in total. The highest BCUT2D eigenvalue weighted by Gasteiger charge is 2.04. The van der Waals surface area contributed by atoms with Crippen LogP contribution in [0.15, 0.2) is 22.7 Å². The van der Waals surface area contributed by atoms with E-state index in [4.69, 9.17) is 18.0 Å². The molecule has 0 amide bonds. The molecule has 1 rings (SSSR count). The maximum atomic E-state index is 5.65. The largest absolute Gasteiger partial charge is 0.389 e. The lowest BCUT2D eigenvalue weighted by Gasteiger charge is -2.10. The number of thioether (sulfide) groups is 1. The fourth-order valence-corrected chi connectivity index (χ4v) is 2.00. The first kappa shape index (κ1) is 12.8. The number of benzene rings is 1. The molecular weight excluding hydrogens is 292 g/mol. The predicted molar refractivity (Wildman–Crippen MR) is 76.9 cm³/mol. The minimum absolute atomic E-state index is 0.419. The van der Waals surface area contributed by atoms with Crippen molar-refractivity contribution in [1.82, 2.24) is 0 Å². The Bertz CT molecular complexity index is 355. The smallest absolute Gasteiger partial charge is 0.106 e. The van der Waals surface area contributed by atoms with E-state index >= 15 is 0 Å². The van der Waals surface area contributed by atoms with Gasteiger partial charge in [-0.1, -0.05) is 28.1 Å². The maximum absolute atomic E-state index is 5.65. The molecule has 2 nitrogen and oxygen atoms in total. The number of hydrogen-bond donors (Lipinski definition) is 2. The summed E-state index contributed by atoms with van der Waals surface area (Å²) in [6, 6.07) is 5.89. The SMILES string of the molecule is CSCCNc1ccc(Br)cc1C(N)=S. The molecule has 0 atom stereocenters. The molecule has 15 heavy (non-hydrogen) atoms. The summed E-state index contributed by atoms with van der Waals surface area (Å²) in [5.41, 5.74) is 7.54. The summed E-state index contributed by atoms with van der Waals surface area (Å²) < 4.78 is 0.987. The Morgan fingerprint density at radius 2 is 2.33 bits per heavy atom. The molecule has 1 aromatic rings. The van der Waals surface area contributed by atoms with Crippen LogP contribution >= 0.6 is 39.9 Å². The average molecular weight is 305 g/mol. The van der Waals surface area contributed by atoms with Crippen molar-refractivity contribution in [2.45, 2.75) is 0 Å². The van der Waals surface area contributed by atoms with E-state index in [-0.39, 0.29) is 0 Å². The van der Waals surface area contributed by atoms with Crippen molar-refractivity contribution < 1.29 is 0 Å². The quantitative estimate of drug-likeness (QED) is 0.648. The van der Waals surface area contributed by atoms with Gasteiger partial charge in [-0.25, -0.2) is 0 Å². The van der Waals surface area contributed by atoms with Crippen molar-refractivity contribution in [2.75, 3.05) is 23.9 Å². The van der Waals surface area contributed by atoms with Crippen LogP contribution in [0.25, 0.3) is 0 Å². The second kappa shape index (κ2) is 6.35. The molecule has 5 heteroatoms. The summed E-state index contributed by atoms with van der Waals surface area (Å²) >= 11 is 10.2. The molecule has 0 aliphatic rings. The molecule has 0 saturated heterocycles. The van der Waals surface area contributed by atoms with Gasteiger partial charge in [0.25, 0.3) is 0 Å². The lowest BCUT2D eigenvalue weighted by molar-refractivity contribution is 1.23. The summed E-state index contributed by atoms with van der Waals surface area (Å²) in [5, 5.41) is 3.31. The van der Waals surface area contributed by atoms with Gasteiger partial charge in [-0.3, -0.25) is 0 Å². The van der Waals surface area contributed by atoms with Gasteiger partial charge in [0.2, 0.25) is 0 Å². The van der Waals surface area contributed by atoms with Gasteiger partial charge in [-0.2, -0.15) is 11.8 Å². The van der Waals surface area contributed by atoms with Gasteiger partial charge in [0.1, 0.15) is 4.99 Å². The number of hydrogen-bond acceptors (Lipinski definition) is 3. The third kappa shape index (κ3) is 4.01. The number of nitrogens with one attached hydrogen (secondary N) is 1. The van der Waals surface area contributed by atoms with Crippen LogP contribution < -0.4 is 11.1 Å². The van der Waals surface area contributed by atoms with Crippen LogP contribution in [0.2, 0.25) is 0 Å². The third-order valence-electron chi connectivity index (χ3n) is 1.87. The molecule has 0 aromatic heterocycles. The standard InChI is InChI=1S/C10H13BrN2S2/c1-15-5-4-13-9-3-2-7(11)6-8(9)10(12)14/h2-3,6,13H,4-5H2,1H3,(H2,12,14). The van der Waals surface area contributed by atoms with Crippen LogP contribution in [-0.2, 0) is 0 Å². The third-order valence-corrected chi connectivity index (χ3v) is 3.19. The first-order valence-electron chi connectivity index (χ1n) is 4.47. The van der Waals surface area contributed by atoms with Gasteiger partial charge in [0.15, 0.2) is 0 Å². The molecule has 0 saturated carbocycles. The zero-order chi connectivity index (χ0) is 11.3. The summed E-state index contributed by atoms with van der Waals surface area (Å²) in [6.45, 7) is 0.915. The number of thiocarbonyl (C=S) groups is 1. The monoisotopic (exact) mass is 304 g/mol. The first-order valence-corrected chi connectivity index (χ1v) is 7.07. The molecule has 0 bridgehead atoms. The molecular formula is C10H13BrN2S2. The van der Waals surface area contributed by atoms with Gasteiger partial charge in [0.05, 0.1) is 0 Å². The average Bonchev–Trinajstić information content (AvgIpc) is 2.20. The first-order chi connectivity index (χ1) is 7.15. The lowest BCUT2D eigenvalue weighted by atomic mass is 10.2. The molecule has 0 spiro atoms. The molecule has 82 valence electrons. The van der Waals surface area contributed by atoms with Crippen LogP contribution in [0.4, 0.5) is 5.69 Å². The predicted octanol–water partition coefficient (Wildman–Crippen LogP) is 2.86. The molecule has 0 fully saturated rings. The van der Waals surface area contributed by atoms with Crippen LogP contribution in [-0.4, -0.2) is 23.5 Å². The summed E-state index contributed by atoms with van der Waals surface area (Å²) in [5.74, 6) is 1.06. The lowest BCUT2D eigenvalue weighted by Crippen LogP contribution is -2.14. The van der Waals surface area contributed by atoms with Crippen LogP contribution in [0.1, 0.15) is 5.56 Å². The van der Waals surface area contributed by atoms with Gasteiger partial charge in [-0.15, -0.1) is 0 Å². The zero-order valence-electron chi connectivity index (χ0n) is 8.42. The van der Waals surface area contributed by atoms with Gasteiger partial charge >= 0.3 is 0 Å². The van der Waals surface area contributed by atoms with Gasteiger partial charge < -0.3 is 11.1 Å². The van der Waals surface area contributed by atoms with Gasteiger partial charge in [0, 0.05) is 28.0 Å². The highest BCUT2D eigenvalue weighted by Crippen LogP contribution is 2.20. The fraction of sp³-hybridized carbons (Fsp3) is 0.300. The van der Waals surface area contributed by atoms with E-state index < -0.39 is 0 Å². The zero-order valence-corrected chi connectivity index (χ0v) is 11.6. The van der Waals surface area contributed by atoms with Crippen molar-refractivity contribution in [3.8, 4) is 0 Å². The van der Waals surface area contributed by atoms with Crippen LogP contribution in [0.3, 0.4) is 0 Å². The number of halogens is 1. The van der Waals surface area contributed by atoms with E-state index in [1.807, 2.05) is 18.2 Å². The second-order valence-corrected chi connectivity index (χ2v) is 5.31. The van der Waals surface area contributed by atoms with E-state index in [0.717, 1.165) is 28.0 Å². The normalized spacial score (nSPS) is 10.0. The van der Waals surface area contributed by atoms with Crippen LogP contribution in [0, 0.1) is 0 Å². The molecule has 0 radical (unpaired) electrons. The van der Waals surface area contributed by atoms with Crippen molar-refractivity contribution in [3.05, 3.63) is 28.2 Å². The molecule has 0 aliphatic carbocycles. The molecule has 1 aromatic carbocycles. The Hall–Kier alpha value is -0.260. The summed E-state index contributed by atoms with van der Waals surface area (Å²) in [7, 11) is 0. The Labute approximate surface area is 108 Å².